The van der Waals surface area contributed by atoms with Gasteiger partial charge in [-0.15, -0.1) is 10.2 Å². The van der Waals surface area contributed by atoms with E-state index in [1.54, 1.807) is 6.07 Å². The summed E-state index contributed by atoms with van der Waals surface area (Å²) in [5.41, 5.74) is 3.07. The van der Waals surface area contributed by atoms with Crippen molar-refractivity contribution in [1.29, 1.82) is 0 Å². The van der Waals surface area contributed by atoms with Crippen LogP contribution in [0.15, 0.2) is 53.7 Å². The maximum absolute atomic E-state index is 12.4. The first-order chi connectivity index (χ1) is 14.1. The summed E-state index contributed by atoms with van der Waals surface area (Å²) in [7, 11) is 0. The Bertz CT molecular complexity index is 1020. The van der Waals surface area contributed by atoms with Crippen LogP contribution in [0.5, 0.6) is 0 Å². The lowest BCUT2D eigenvalue weighted by Crippen LogP contribution is -2.15. The van der Waals surface area contributed by atoms with E-state index in [4.69, 9.17) is 11.6 Å². The number of rotatable bonds is 7. The van der Waals surface area contributed by atoms with Crippen LogP contribution in [0, 0.1) is 6.92 Å². The van der Waals surface area contributed by atoms with Crippen molar-refractivity contribution in [3.05, 3.63) is 70.5 Å². The largest absolute Gasteiger partial charge is 0.325 e. The van der Waals surface area contributed by atoms with Crippen LogP contribution in [0.2, 0.25) is 5.02 Å². The molecule has 150 valence electrons. The molecule has 2 aromatic carbocycles. The van der Waals surface area contributed by atoms with Gasteiger partial charge in [-0.25, -0.2) is 0 Å². The average Bonchev–Trinajstić information content (AvgIpc) is 3.42. The predicted octanol–water partition coefficient (Wildman–Crippen LogP) is 5.26. The van der Waals surface area contributed by atoms with Gasteiger partial charge in [0.15, 0.2) is 5.16 Å². The Morgan fingerprint density at radius 3 is 2.76 bits per heavy atom. The Hall–Kier alpha value is -2.31. The molecule has 0 bridgehead atoms. The molecule has 0 radical (unpaired) electrons. The number of nitrogens with one attached hydrogen (secondary N) is 1. The van der Waals surface area contributed by atoms with Crippen molar-refractivity contribution in [3.8, 4) is 0 Å². The number of hydrogen-bond acceptors (Lipinski definition) is 4. The third-order valence-electron chi connectivity index (χ3n) is 5.22. The van der Waals surface area contributed by atoms with Crippen LogP contribution < -0.4 is 5.32 Å². The molecule has 1 saturated carbocycles. The van der Waals surface area contributed by atoms with Crippen LogP contribution >= 0.6 is 23.4 Å². The number of anilines is 1. The number of amides is 1. The molecule has 3 aromatic rings. The van der Waals surface area contributed by atoms with E-state index < -0.39 is 0 Å². The monoisotopic (exact) mass is 426 g/mol. The van der Waals surface area contributed by atoms with Crippen molar-refractivity contribution in [3.63, 3.8) is 0 Å². The molecule has 7 heteroatoms. The zero-order valence-electron chi connectivity index (χ0n) is 16.4. The molecule has 1 heterocycles. The summed E-state index contributed by atoms with van der Waals surface area (Å²) in [6, 6.07) is 16.0. The first-order valence-corrected chi connectivity index (χ1v) is 11.1. The fourth-order valence-corrected chi connectivity index (χ4v) is 4.55. The molecule has 5 nitrogen and oxygen atoms in total. The number of aromatic nitrogens is 3. The molecule has 1 aliphatic rings. The highest BCUT2D eigenvalue weighted by atomic mass is 35.5. The topological polar surface area (TPSA) is 59.8 Å². The van der Waals surface area contributed by atoms with Crippen LogP contribution in [-0.2, 0) is 11.3 Å². The van der Waals surface area contributed by atoms with Gasteiger partial charge in [0.25, 0.3) is 0 Å². The molecule has 4 rings (SSSR count). The van der Waals surface area contributed by atoms with Gasteiger partial charge in [0.05, 0.1) is 5.75 Å². The molecule has 1 aliphatic carbocycles. The minimum Gasteiger partial charge on any atom is -0.325 e. The van der Waals surface area contributed by atoms with Crippen molar-refractivity contribution in [2.75, 3.05) is 11.1 Å². The average molecular weight is 427 g/mol. The van der Waals surface area contributed by atoms with Gasteiger partial charge in [-0.1, -0.05) is 59.8 Å². The number of aryl methyl sites for hydroxylation is 1. The highest BCUT2D eigenvalue weighted by Gasteiger charge is 2.43. The fraction of sp³-hybridized carbons (Fsp3) is 0.318. The second kappa shape index (κ2) is 8.59. The number of benzene rings is 2. The third-order valence-corrected chi connectivity index (χ3v) is 6.42. The minimum absolute atomic E-state index is 0.0823. The van der Waals surface area contributed by atoms with E-state index in [0.717, 1.165) is 35.2 Å². The lowest BCUT2D eigenvalue weighted by atomic mass is 10.1. The van der Waals surface area contributed by atoms with E-state index in [9.17, 15) is 4.79 Å². The van der Waals surface area contributed by atoms with Gasteiger partial charge >= 0.3 is 0 Å². The van der Waals surface area contributed by atoms with Gasteiger partial charge in [-0.3, -0.25) is 4.79 Å². The van der Waals surface area contributed by atoms with Crippen molar-refractivity contribution < 1.29 is 4.79 Å². The van der Waals surface area contributed by atoms with Gasteiger partial charge in [0, 0.05) is 23.2 Å². The van der Waals surface area contributed by atoms with Crippen molar-refractivity contribution in [1.82, 2.24) is 14.8 Å². The minimum atomic E-state index is -0.0823. The summed E-state index contributed by atoms with van der Waals surface area (Å²) in [6.07, 6.45) is 1.10. The number of halogens is 1. The number of carbonyl (C=O) groups excluding carboxylic acids is 1. The lowest BCUT2D eigenvalue weighted by Gasteiger charge is -2.09. The zero-order chi connectivity index (χ0) is 20.4. The van der Waals surface area contributed by atoms with Crippen LogP contribution in [0.3, 0.4) is 0 Å². The summed E-state index contributed by atoms with van der Waals surface area (Å²) in [4.78, 5) is 12.4. The molecule has 2 unspecified atom stereocenters. The van der Waals surface area contributed by atoms with E-state index in [1.165, 1.54) is 17.3 Å². The molecule has 1 N–H and O–H groups in total. The Morgan fingerprint density at radius 1 is 1.21 bits per heavy atom. The molecular weight excluding hydrogens is 404 g/mol. The lowest BCUT2D eigenvalue weighted by molar-refractivity contribution is -0.113. The maximum atomic E-state index is 12.4. The van der Waals surface area contributed by atoms with Crippen LogP contribution in [-0.4, -0.2) is 26.4 Å². The maximum Gasteiger partial charge on any atom is 0.234 e. The molecule has 0 aliphatic heterocycles. The van der Waals surface area contributed by atoms with E-state index in [-0.39, 0.29) is 11.7 Å². The van der Waals surface area contributed by atoms with E-state index in [0.29, 0.717) is 16.9 Å². The zero-order valence-corrected chi connectivity index (χ0v) is 18.0. The van der Waals surface area contributed by atoms with E-state index >= 15 is 0 Å². The predicted molar refractivity (Wildman–Crippen MR) is 118 cm³/mol. The first kappa shape index (κ1) is 20.0. The van der Waals surface area contributed by atoms with Gasteiger partial charge < -0.3 is 9.88 Å². The van der Waals surface area contributed by atoms with Gasteiger partial charge in [-0.05, 0) is 49.4 Å². The van der Waals surface area contributed by atoms with Gasteiger partial charge in [-0.2, -0.15) is 0 Å². The second-order valence-electron chi connectivity index (χ2n) is 7.24. The summed E-state index contributed by atoms with van der Waals surface area (Å²) in [5, 5.41) is 13.1. The Balaban J connectivity index is 1.40. The normalized spacial score (nSPS) is 17.9. The van der Waals surface area contributed by atoms with Crippen LogP contribution in [0.4, 0.5) is 5.69 Å². The Morgan fingerprint density at radius 2 is 2.00 bits per heavy atom. The first-order valence-electron chi connectivity index (χ1n) is 9.73. The Kier molecular flexibility index (Phi) is 5.92. The summed E-state index contributed by atoms with van der Waals surface area (Å²) in [6.45, 7) is 4.82. The Labute approximate surface area is 179 Å². The number of carbonyl (C=O) groups is 1. The quantitative estimate of drug-likeness (QED) is 0.523. The number of nitrogens with zero attached hydrogens (tertiary/aromatic N) is 3. The molecule has 0 spiro atoms. The van der Waals surface area contributed by atoms with E-state index in [1.807, 2.05) is 25.1 Å². The molecule has 2 atom stereocenters. The SMILES string of the molecule is CCn1c(SCC(=O)Nc2cc(Cl)ccc2C)nnc1C1CC1c1ccccc1. The molecular formula is C22H23ClN4OS. The summed E-state index contributed by atoms with van der Waals surface area (Å²) in [5.74, 6) is 2.13. The smallest absolute Gasteiger partial charge is 0.234 e. The third kappa shape index (κ3) is 4.49. The summed E-state index contributed by atoms with van der Waals surface area (Å²) < 4.78 is 2.14. The van der Waals surface area contributed by atoms with Gasteiger partial charge in [0.2, 0.25) is 5.91 Å². The standard InChI is InChI=1S/C22H23ClN4OS/c1-3-27-21(18-12-17(18)15-7-5-4-6-8-15)25-26-22(27)29-13-20(28)24-19-11-16(23)10-9-14(19)2/h4-11,17-18H,3,12-13H2,1-2H3,(H,24,28). The highest BCUT2D eigenvalue weighted by molar-refractivity contribution is 7.99. The molecule has 1 aromatic heterocycles. The second-order valence-corrected chi connectivity index (χ2v) is 8.62. The molecule has 1 fully saturated rings. The highest BCUT2D eigenvalue weighted by Crippen LogP contribution is 2.54. The van der Waals surface area contributed by atoms with Gasteiger partial charge in [0.1, 0.15) is 5.82 Å². The van der Waals surface area contributed by atoms with Crippen LogP contribution in [0.25, 0.3) is 0 Å². The molecule has 29 heavy (non-hydrogen) atoms. The van der Waals surface area contributed by atoms with E-state index in [2.05, 4.69) is 51.3 Å². The van der Waals surface area contributed by atoms with Crippen molar-refractivity contribution in [2.45, 2.75) is 43.8 Å². The van der Waals surface area contributed by atoms with Crippen LogP contribution in [0.1, 0.15) is 42.1 Å². The molecule has 0 saturated heterocycles. The molecule has 1 amide bonds. The van der Waals surface area contributed by atoms with Crippen molar-refractivity contribution in [2.24, 2.45) is 0 Å². The summed E-state index contributed by atoms with van der Waals surface area (Å²) >= 11 is 7.45. The number of thioether (sulfide) groups is 1. The number of hydrogen-bond donors (Lipinski definition) is 1. The fourth-order valence-electron chi connectivity index (χ4n) is 3.57. The van der Waals surface area contributed by atoms with Crippen molar-refractivity contribution >= 4 is 35.0 Å².